The molecule has 1 aliphatic carbocycles. The fourth-order valence-corrected chi connectivity index (χ4v) is 7.22. The molecule has 1 unspecified atom stereocenters. The lowest BCUT2D eigenvalue weighted by atomic mass is 10.0. The zero-order valence-electron chi connectivity index (χ0n) is 20.9. The number of carboxylic acids is 1. The number of β-lactam (4-membered cyclic amide) rings is 1. The largest absolute Gasteiger partial charge is 0.477 e. The molecule has 2 amide bonds. The van der Waals surface area contributed by atoms with E-state index in [2.05, 4.69) is 29.9 Å². The van der Waals surface area contributed by atoms with E-state index in [1.807, 2.05) is 0 Å². The first-order valence-corrected chi connectivity index (χ1v) is 14.8. The van der Waals surface area contributed by atoms with Crippen LogP contribution in [0.15, 0.2) is 31.2 Å². The fraction of sp³-hybridized carbons (Fsp3) is 0.476. The number of hydrogen-bond donors (Lipinski definition) is 4. The third-order valence-corrected chi connectivity index (χ3v) is 9.32. The molecule has 2 fully saturated rings. The second kappa shape index (κ2) is 11.4. The third-order valence-electron chi connectivity index (χ3n) is 6.32. The molecule has 2 aromatic rings. The highest BCUT2D eigenvalue weighted by Gasteiger charge is 2.54. The molecule has 5 N–H and O–H groups in total. The number of fused-ring (bicyclic) bond motifs is 1. The number of carboxylic acid groups (broad SMARTS) is 1. The fourth-order valence-electron chi connectivity index (χ4n) is 4.38. The first kappa shape index (κ1) is 27.8. The van der Waals surface area contributed by atoms with Gasteiger partial charge < -0.3 is 21.0 Å². The van der Waals surface area contributed by atoms with Crippen molar-refractivity contribution in [3.8, 4) is 0 Å². The van der Waals surface area contributed by atoms with E-state index in [1.165, 1.54) is 23.5 Å². The number of thioether (sulfide) groups is 2. The van der Waals surface area contributed by atoms with Crippen LogP contribution in [0.4, 0.5) is 5.13 Å². The minimum atomic E-state index is -1.31. The Morgan fingerprint density at radius 1 is 1.27 bits per heavy atom. The van der Waals surface area contributed by atoms with Gasteiger partial charge in [0.25, 0.3) is 11.8 Å². The minimum absolute atomic E-state index is 0.0337. The van der Waals surface area contributed by atoms with Crippen molar-refractivity contribution >= 4 is 63.7 Å². The van der Waals surface area contributed by atoms with Gasteiger partial charge in [-0.3, -0.25) is 33.9 Å². The van der Waals surface area contributed by atoms with Gasteiger partial charge in [-0.1, -0.05) is 16.9 Å². The van der Waals surface area contributed by atoms with E-state index >= 15 is 0 Å². The number of aryl methyl sites for hydroxylation is 1. The van der Waals surface area contributed by atoms with E-state index < -0.39 is 40.3 Å². The Balaban J connectivity index is 1.31. The molecule has 1 saturated carbocycles. The summed E-state index contributed by atoms with van der Waals surface area (Å²) in [4.78, 5) is 75.9. The van der Waals surface area contributed by atoms with Gasteiger partial charge in [0, 0.05) is 30.1 Å². The van der Waals surface area contributed by atoms with Gasteiger partial charge in [0.1, 0.15) is 23.2 Å². The average Bonchev–Trinajstić information content (AvgIpc) is 3.60. The predicted molar refractivity (Wildman–Crippen MR) is 145 cm³/mol. The van der Waals surface area contributed by atoms with Crippen LogP contribution in [0.3, 0.4) is 0 Å². The number of aliphatic carboxylic acids is 1. The summed E-state index contributed by atoms with van der Waals surface area (Å²) < 4.78 is 5.30. The summed E-state index contributed by atoms with van der Waals surface area (Å²) in [5.74, 6) is -2.36. The number of carbonyl (C=O) groups is 3. The maximum atomic E-state index is 13.2. The molecular weight excluding hydrogens is 586 g/mol. The average molecular weight is 610 g/mol. The number of anilines is 1. The quantitative estimate of drug-likeness (QED) is 0.0889. The molecule has 0 spiro atoms. The number of nitrogens with one attached hydrogen (secondary N) is 2. The molecule has 16 nitrogen and oxygen atoms in total. The number of oxime groups is 1. The van der Waals surface area contributed by atoms with Crippen LogP contribution in [0, 0.1) is 0 Å². The summed E-state index contributed by atoms with van der Waals surface area (Å²) in [5, 5.41) is 18.5. The number of aromatic nitrogens is 5. The predicted octanol–water partition coefficient (Wildman–Crippen LogP) is -0.903. The van der Waals surface area contributed by atoms with E-state index in [0.29, 0.717) is 5.57 Å². The molecule has 19 heteroatoms. The lowest BCUT2D eigenvalue weighted by Crippen LogP contribution is -2.71. The SMILES string of the molecule is Cn1[nH]c(=O)c(=O)nc1SCC1=C(C(=O)O)N2C(=O)C(NC(=O)C(=NOC3CCCC3)c3nsc(N)n3)[C@@H]2SC1. The second-order valence-corrected chi connectivity index (χ2v) is 11.8. The molecule has 2 atom stereocenters. The highest BCUT2D eigenvalue weighted by Crippen LogP contribution is 2.41. The van der Waals surface area contributed by atoms with Crippen molar-refractivity contribution in [1.29, 1.82) is 0 Å². The first-order valence-electron chi connectivity index (χ1n) is 12.0. The van der Waals surface area contributed by atoms with Crippen LogP contribution in [0.1, 0.15) is 31.5 Å². The summed E-state index contributed by atoms with van der Waals surface area (Å²) in [6, 6.07) is -1.02. The Kier molecular flexibility index (Phi) is 7.95. The summed E-state index contributed by atoms with van der Waals surface area (Å²) >= 11 is 3.20. The number of rotatable bonds is 9. The van der Waals surface area contributed by atoms with E-state index in [0.717, 1.165) is 53.9 Å². The van der Waals surface area contributed by atoms with Gasteiger partial charge in [-0.15, -0.1) is 11.8 Å². The minimum Gasteiger partial charge on any atom is -0.477 e. The van der Waals surface area contributed by atoms with E-state index in [4.69, 9.17) is 10.6 Å². The monoisotopic (exact) mass is 609 g/mol. The van der Waals surface area contributed by atoms with Crippen LogP contribution >= 0.6 is 35.1 Å². The summed E-state index contributed by atoms with van der Waals surface area (Å²) in [5.41, 5.74) is 3.84. The Bertz CT molecular complexity index is 1540. The van der Waals surface area contributed by atoms with Crippen molar-refractivity contribution in [1.82, 2.24) is 34.3 Å². The summed E-state index contributed by atoms with van der Waals surface area (Å²) in [6.07, 6.45) is 3.46. The molecule has 5 rings (SSSR count). The van der Waals surface area contributed by atoms with Crippen molar-refractivity contribution in [2.24, 2.45) is 12.2 Å². The van der Waals surface area contributed by atoms with Crippen LogP contribution in [0.5, 0.6) is 0 Å². The molecule has 2 aliphatic heterocycles. The van der Waals surface area contributed by atoms with Gasteiger partial charge in [-0.2, -0.15) is 14.3 Å². The number of H-pyrrole nitrogens is 1. The standard InChI is InChI=1S/C21H23N9O7S3/c1-29-21(25-15(32)16(33)26-29)39-7-8-6-38-18-11(17(34)30(18)12(8)19(35)36)23-14(31)10(13-24-20(22)40-28-13)27-37-9-4-2-3-5-9/h9,11,18H,2-7H2,1H3,(H,23,31)(H,26,33)(H,35,36)(H2,22,24,28)/t11?,18-/m0/s1. The Labute approximate surface area is 237 Å². The van der Waals surface area contributed by atoms with Gasteiger partial charge in [0.15, 0.2) is 10.3 Å². The number of nitrogens with zero attached hydrogens (tertiary/aromatic N) is 6. The summed E-state index contributed by atoms with van der Waals surface area (Å²) in [7, 11) is 1.49. The molecule has 1 saturated heterocycles. The molecule has 3 aliphatic rings. The van der Waals surface area contributed by atoms with E-state index in [-0.39, 0.29) is 45.1 Å². The number of amides is 2. The first-order chi connectivity index (χ1) is 19.1. The van der Waals surface area contributed by atoms with Gasteiger partial charge in [0.05, 0.1) is 0 Å². The molecule has 4 heterocycles. The van der Waals surface area contributed by atoms with Gasteiger partial charge in [-0.05, 0) is 31.3 Å². The van der Waals surface area contributed by atoms with Crippen LogP contribution in [-0.4, -0.2) is 86.6 Å². The number of nitrogens with two attached hydrogens (primary N) is 1. The van der Waals surface area contributed by atoms with Crippen molar-refractivity contribution in [2.75, 3.05) is 17.2 Å². The normalized spacial score (nSPS) is 21.3. The van der Waals surface area contributed by atoms with E-state index in [9.17, 15) is 29.1 Å². The van der Waals surface area contributed by atoms with Gasteiger partial charge >= 0.3 is 17.1 Å². The summed E-state index contributed by atoms with van der Waals surface area (Å²) in [6.45, 7) is 0. The van der Waals surface area contributed by atoms with Crippen LogP contribution < -0.4 is 22.2 Å². The Morgan fingerprint density at radius 2 is 2.02 bits per heavy atom. The highest BCUT2D eigenvalue weighted by atomic mass is 32.2. The highest BCUT2D eigenvalue weighted by molar-refractivity contribution is 8.01. The smallest absolute Gasteiger partial charge is 0.352 e. The van der Waals surface area contributed by atoms with Gasteiger partial charge in [0.2, 0.25) is 11.5 Å². The lowest BCUT2D eigenvalue weighted by molar-refractivity contribution is -0.150. The zero-order chi connectivity index (χ0) is 28.6. The molecule has 40 heavy (non-hydrogen) atoms. The molecule has 0 radical (unpaired) electrons. The number of nitrogen functional groups attached to an aromatic ring is 1. The maximum Gasteiger partial charge on any atom is 0.352 e. The van der Waals surface area contributed by atoms with Crippen molar-refractivity contribution in [3.63, 3.8) is 0 Å². The zero-order valence-corrected chi connectivity index (χ0v) is 23.3. The second-order valence-electron chi connectivity index (χ2n) is 9.01. The number of hydrogen-bond acceptors (Lipinski definition) is 14. The van der Waals surface area contributed by atoms with Crippen molar-refractivity contribution in [2.45, 2.75) is 48.4 Å². The van der Waals surface area contributed by atoms with Gasteiger partial charge in [-0.25, -0.2) is 4.79 Å². The number of carbonyl (C=O) groups excluding carboxylic acids is 2. The maximum absolute atomic E-state index is 13.2. The van der Waals surface area contributed by atoms with Crippen molar-refractivity contribution < 1.29 is 24.3 Å². The van der Waals surface area contributed by atoms with Crippen LogP contribution in [0.2, 0.25) is 0 Å². The topological polar surface area (TPSA) is 228 Å². The van der Waals surface area contributed by atoms with E-state index in [1.54, 1.807) is 0 Å². The Morgan fingerprint density at radius 3 is 2.70 bits per heavy atom. The molecule has 2 aromatic heterocycles. The van der Waals surface area contributed by atoms with Crippen LogP contribution in [-0.2, 0) is 26.3 Å². The molecule has 212 valence electrons. The molecule has 0 aromatic carbocycles. The van der Waals surface area contributed by atoms with Crippen LogP contribution in [0.25, 0.3) is 0 Å². The Hall–Kier alpha value is -3.71. The third kappa shape index (κ3) is 5.48. The lowest BCUT2D eigenvalue weighted by Gasteiger charge is -2.49. The molecular formula is C21H23N9O7S3. The number of aromatic amines is 1. The van der Waals surface area contributed by atoms with Crippen molar-refractivity contribution in [3.05, 3.63) is 37.8 Å². The molecule has 0 bridgehead atoms.